The molecule has 0 bridgehead atoms. The minimum atomic E-state index is -0.650. The monoisotopic (exact) mass is 508 g/mol. The van der Waals surface area contributed by atoms with Crippen molar-refractivity contribution in [2.75, 3.05) is 0 Å². The number of pyridine rings is 1. The van der Waals surface area contributed by atoms with Crippen molar-refractivity contribution in [1.82, 2.24) is 34.4 Å². The first-order valence-corrected chi connectivity index (χ1v) is 12.2. The van der Waals surface area contributed by atoms with Gasteiger partial charge in [-0.25, -0.2) is 8.76 Å². The van der Waals surface area contributed by atoms with Crippen LogP contribution in [0.3, 0.4) is 0 Å². The Balaban J connectivity index is 1.41. The zero-order valence-corrected chi connectivity index (χ0v) is 19.8. The molecule has 176 valence electrons. The summed E-state index contributed by atoms with van der Waals surface area (Å²) in [5, 5.41) is 30.9. The van der Waals surface area contributed by atoms with Crippen LogP contribution in [-0.2, 0) is 0 Å². The smallest absolute Gasteiger partial charge is 0.217 e. The van der Waals surface area contributed by atoms with Gasteiger partial charge in [0.25, 0.3) is 0 Å². The van der Waals surface area contributed by atoms with Gasteiger partial charge in [0.1, 0.15) is 12.4 Å². The molecule has 0 radical (unpaired) electrons. The maximum atomic E-state index is 15.2. The largest absolute Gasteiger partial charge is 0.618 e. The summed E-state index contributed by atoms with van der Waals surface area (Å²) in [6.07, 6.45) is 11.3. The van der Waals surface area contributed by atoms with Crippen LogP contribution in [0.2, 0.25) is 5.02 Å². The molecule has 1 aliphatic rings. The number of halogens is 2. The Morgan fingerprint density at radius 1 is 1.17 bits per heavy atom. The van der Waals surface area contributed by atoms with Gasteiger partial charge in [0.15, 0.2) is 12.0 Å². The summed E-state index contributed by atoms with van der Waals surface area (Å²) in [4.78, 5) is 0. The summed E-state index contributed by atoms with van der Waals surface area (Å²) in [5.41, 5.74) is 3.35. The molecular formula is C23H18ClFN8OS. The van der Waals surface area contributed by atoms with Crippen LogP contribution in [0, 0.1) is 16.9 Å². The normalized spacial score (nSPS) is 14.3. The molecule has 5 aromatic rings. The number of rotatable bonds is 7. The average Bonchev–Trinajstić information content (AvgIpc) is 3.31. The average molecular weight is 509 g/mol. The molecule has 0 aliphatic heterocycles. The second-order valence-corrected chi connectivity index (χ2v) is 9.56. The predicted molar refractivity (Wildman–Crippen MR) is 127 cm³/mol. The van der Waals surface area contributed by atoms with Crippen molar-refractivity contribution in [1.29, 1.82) is 0 Å². The Morgan fingerprint density at radius 2 is 2.06 bits per heavy atom. The molecule has 0 saturated heterocycles. The number of benzene rings is 1. The molecule has 1 atom stereocenters. The molecule has 1 aromatic carbocycles. The Hall–Kier alpha value is -3.70. The van der Waals surface area contributed by atoms with E-state index >= 15 is 4.39 Å². The highest BCUT2D eigenvalue weighted by Gasteiger charge is 2.32. The molecule has 9 nitrogen and oxygen atoms in total. The molecule has 4 aromatic heterocycles. The lowest BCUT2D eigenvalue weighted by molar-refractivity contribution is -0.615. The van der Waals surface area contributed by atoms with E-state index in [1.807, 2.05) is 16.3 Å². The minimum Gasteiger partial charge on any atom is -0.618 e. The van der Waals surface area contributed by atoms with E-state index in [-0.39, 0.29) is 16.6 Å². The maximum absolute atomic E-state index is 15.2. The van der Waals surface area contributed by atoms with Crippen molar-refractivity contribution in [2.24, 2.45) is 5.92 Å². The van der Waals surface area contributed by atoms with Crippen LogP contribution in [0.5, 0.6) is 0 Å². The fourth-order valence-corrected chi connectivity index (χ4v) is 4.92. The lowest BCUT2D eigenvalue weighted by Crippen LogP contribution is -2.35. The summed E-state index contributed by atoms with van der Waals surface area (Å²) in [6, 6.07) is 6.24. The first-order chi connectivity index (χ1) is 17.1. The van der Waals surface area contributed by atoms with Crippen LogP contribution < -0.4 is 4.73 Å². The second-order valence-electron chi connectivity index (χ2n) is 8.50. The fraction of sp³-hybridized carbons (Fsp3) is 0.217. The summed E-state index contributed by atoms with van der Waals surface area (Å²) in [6.45, 7) is 0. The molecule has 6 rings (SSSR count). The highest BCUT2D eigenvalue weighted by molar-refractivity contribution is 7.03. The number of nitrogens with zero attached hydrogens (tertiary/aromatic N) is 8. The molecule has 1 fully saturated rings. The molecule has 0 N–H and O–H groups in total. The quantitative estimate of drug-likeness (QED) is 0.237. The summed E-state index contributed by atoms with van der Waals surface area (Å²) in [7, 11) is 0. The van der Waals surface area contributed by atoms with Gasteiger partial charge in [-0.2, -0.15) is 14.5 Å². The number of hydrogen-bond donors (Lipinski definition) is 0. The molecule has 4 heterocycles. The van der Waals surface area contributed by atoms with Crippen molar-refractivity contribution in [3.8, 4) is 27.9 Å². The first kappa shape index (κ1) is 21.8. The minimum absolute atomic E-state index is 0.0584. The summed E-state index contributed by atoms with van der Waals surface area (Å²) < 4.78 is 23.3. The molecule has 1 aliphatic carbocycles. The molecule has 0 spiro atoms. The van der Waals surface area contributed by atoms with Crippen molar-refractivity contribution < 1.29 is 9.12 Å². The van der Waals surface area contributed by atoms with Crippen LogP contribution >= 0.6 is 23.1 Å². The van der Waals surface area contributed by atoms with Crippen LogP contribution in [-0.4, -0.2) is 34.4 Å². The number of hydrogen-bond acceptors (Lipinski definition) is 7. The van der Waals surface area contributed by atoms with Crippen molar-refractivity contribution >= 4 is 23.1 Å². The molecule has 0 amide bonds. The van der Waals surface area contributed by atoms with Gasteiger partial charge in [0.05, 0.1) is 28.0 Å². The zero-order valence-electron chi connectivity index (χ0n) is 18.2. The van der Waals surface area contributed by atoms with E-state index in [9.17, 15) is 5.21 Å². The van der Waals surface area contributed by atoms with Gasteiger partial charge in [-0.15, -0.1) is 5.10 Å². The van der Waals surface area contributed by atoms with Gasteiger partial charge in [-0.05, 0) is 52.5 Å². The topological polar surface area (TPSA) is 101 Å². The van der Waals surface area contributed by atoms with E-state index in [4.69, 9.17) is 11.6 Å². The third-order valence-corrected chi connectivity index (χ3v) is 7.06. The van der Waals surface area contributed by atoms with Gasteiger partial charge in [0, 0.05) is 35.0 Å². The van der Waals surface area contributed by atoms with Crippen molar-refractivity contribution in [3.05, 3.63) is 82.5 Å². The van der Waals surface area contributed by atoms with E-state index < -0.39 is 5.82 Å². The second kappa shape index (κ2) is 8.82. The maximum Gasteiger partial charge on any atom is 0.217 e. The molecular weight excluding hydrogens is 491 g/mol. The van der Waals surface area contributed by atoms with E-state index in [0.29, 0.717) is 22.9 Å². The molecule has 1 unspecified atom stereocenters. The lowest BCUT2D eigenvalue weighted by Gasteiger charge is -2.18. The van der Waals surface area contributed by atoms with Gasteiger partial charge >= 0.3 is 0 Å². The van der Waals surface area contributed by atoms with Crippen LogP contribution in [0.25, 0.3) is 27.9 Å². The van der Waals surface area contributed by atoms with Gasteiger partial charge < -0.3 is 5.21 Å². The standard InChI is InChI=1S/C23H18ClFN8OS/c24-18-4-6-20(32-13-26-29-30-32)22(23(18)25)15-3-5-19(33(34)11-15)21(7-14-1-2-14)31-10-16(8-27-31)17-9-28-35-12-17/h3-6,8-14,21H,1-2,7H2. The van der Waals surface area contributed by atoms with Crippen molar-refractivity contribution in [2.45, 2.75) is 25.3 Å². The van der Waals surface area contributed by atoms with Crippen LogP contribution in [0.1, 0.15) is 31.0 Å². The molecule has 1 saturated carbocycles. The third kappa shape index (κ3) is 4.17. The number of aromatic nitrogens is 8. The third-order valence-electron chi connectivity index (χ3n) is 6.18. The Labute approximate surface area is 208 Å². The van der Waals surface area contributed by atoms with Gasteiger partial charge in [-0.1, -0.05) is 24.4 Å². The van der Waals surface area contributed by atoms with Gasteiger partial charge in [-0.3, -0.25) is 4.68 Å². The van der Waals surface area contributed by atoms with Crippen LogP contribution in [0.15, 0.2) is 60.8 Å². The Bertz CT molecular complexity index is 1480. The van der Waals surface area contributed by atoms with E-state index in [1.165, 1.54) is 34.8 Å². The predicted octanol–water partition coefficient (Wildman–Crippen LogP) is 4.46. The Kier molecular flexibility index (Phi) is 5.50. The SMILES string of the molecule is [O-][n+]1cc(-c2c(-n3cnnn3)ccc(Cl)c2F)ccc1C(CC1CC1)n1cc(-c2cnsc2)cn1. The van der Waals surface area contributed by atoms with Crippen molar-refractivity contribution in [3.63, 3.8) is 0 Å². The van der Waals surface area contributed by atoms with E-state index in [0.717, 1.165) is 35.1 Å². The summed E-state index contributed by atoms with van der Waals surface area (Å²) in [5.74, 6) is -0.102. The van der Waals surface area contributed by atoms with E-state index in [1.54, 1.807) is 30.6 Å². The lowest BCUT2D eigenvalue weighted by atomic mass is 10.0. The first-order valence-electron chi connectivity index (χ1n) is 11.0. The van der Waals surface area contributed by atoms with Gasteiger partial charge in [0.2, 0.25) is 5.69 Å². The van der Waals surface area contributed by atoms with E-state index in [2.05, 4.69) is 25.0 Å². The highest BCUT2D eigenvalue weighted by Crippen LogP contribution is 2.39. The zero-order chi connectivity index (χ0) is 23.9. The fourth-order valence-electron chi connectivity index (χ4n) is 4.21. The Morgan fingerprint density at radius 3 is 2.77 bits per heavy atom. The highest BCUT2D eigenvalue weighted by atomic mass is 35.5. The summed E-state index contributed by atoms with van der Waals surface area (Å²) >= 11 is 7.45. The van der Waals surface area contributed by atoms with Crippen LogP contribution in [0.4, 0.5) is 4.39 Å². The molecule has 35 heavy (non-hydrogen) atoms. The number of tetrazole rings is 1. The molecule has 12 heteroatoms.